The van der Waals surface area contributed by atoms with Crippen LogP contribution < -0.4 is 5.32 Å². The van der Waals surface area contributed by atoms with Crippen molar-refractivity contribution in [1.82, 2.24) is 15.1 Å². The molecule has 0 aromatic heterocycles. The number of hydrogen-bond acceptors (Lipinski definition) is 5. The summed E-state index contributed by atoms with van der Waals surface area (Å²) in [5, 5.41) is 3.08. The number of carbonyl (C=O) groups excluding carboxylic acids is 4. The second-order valence-corrected chi connectivity index (χ2v) is 6.89. The minimum Gasteiger partial charge on any atom is -0.455 e. The second-order valence-electron chi connectivity index (χ2n) is 6.46. The number of urea groups is 1. The lowest BCUT2D eigenvalue weighted by Gasteiger charge is -2.31. The summed E-state index contributed by atoms with van der Waals surface area (Å²) in [5.41, 5.74) is 0.551. The van der Waals surface area contributed by atoms with Crippen molar-refractivity contribution in [1.29, 1.82) is 0 Å². The van der Waals surface area contributed by atoms with Crippen LogP contribution in [0.3, 0.4) is 0 Å². The molecule has 9 heteroatoms. The number of halogens is 1. The number of amides is 4. The van der Waals surface area contributed by atoms with Gasteiger partial charge in [0.25, 0.3) is 11.8 Å². The fourth-order valence-electron chi connectivity index (χ4n) is 3.13. The van der Waals surface area contributed by atoms with E-state index in [1.165, 1.54) is 0 Å². The van der Waals surface area contributed by atoms with Gasteiger partial charge in [0.1, 0.15) is 0 Å². The highest BCUT2D eigenvalue weighted by molar-refractivity contribution is 6.30. The van der Waals surface area contributed by atoms with E-state index in [1.807, 2.05) is 0 Å². The monoisotopic (exact) mass is 393 g/mol. The Morgan fingerprint density at radius 1 is 1.11 bits per heavy atom. The zero-order chi connectivity index (χ0) is 19.4. The number of esters is 1. The molecule has 0 aliphatic carbocycles. The van der Waals surface area contributed by atoms with Gasteiger partial charge in [0.05, 0.1) is 5.92 Å². The topological polar surface area (TPSA) is 96.0 Å². The summed E-state index contributed by atoms with van der Waals surface area (Å²) in [6.45, 7) is 1.10. The van der Waals surface area contributed by atoms with E-state index in [9.17, 15) is 19.2 Å². The molecule has 0 saturated carbocycles. The van der Waals surface area contributed by atoms with E-state index in [1.54, 1.807) is 29.2 Å². The van der Waals surface area contributed by atoms with Crippen molar-refractivity contribution in [2.75, 3.05) is 32.8 Å². The van der Waals surface area contributed by atoms with E-state index in [2.05, 4.69) is 5.32 Å². The Hall–Kier alpha value is -2.61. The van der Waals surface area contributed by atoms with Crippen molar-refractivity contribution in [3.8, 4) is 0 Å². The van der Waals surface area contributed by atoms with Gasteiger partial charge in [0.2, 0.25) is 0 Å². The minimum absolute atomic E-state index is 0.103. The van der Waals surface area contributed by atoms with Crippen molar-refractivity contribution in [2.45, 2.75) is 12.8 Å². The van der Waals surface area contributed by atoms with Crippen LogP contribution in [0.1, 0.15) is 23.2 Å². The van der Waals surface area contributed by atoms with Crippen LogP contribution in [0.2, 0.25) is 5.02 Å². The van der Waals surface area contributed by atoms with Crippen molar-refractivity contribution < 1.29 is 23.9 Å². The normalized spacial score (nSPS) is 17.6. The molecule has 0 spiro atoms. The van der Waals surface area contributed by atoms with Gasteiger partial charge in [-0.3, -0.25) is 19.3 Å². The average Bonchev–Trinajstić information content (AvgIpc) is 3.12. The van der Waals surface area contributed by atoms with Crippen LogP contribution in [-0.2, 0) is 14.3 Å². The van der Waals surface area contributed by atoms with E-state index in [4.69, 9.17) is 16.3 Å². The Bertz CT molecular complexity index is 744. The first-order valence-corrected chi connectivity index (χ1v) is 9.13. The molecule has 0 atom stereocenters. The fraction of sp³-hybridized carbons (Fsp3) is 0.444. The molecule has 1 aromatic carbocycles. The van der Waals surface area contributed by atoms with Gasteiger partial charge in [0.15, 0.2) is 6.61 Å². The maximum Gasteiger partial charge on any atom is 0.324 e. The van der Waals surface area contributed by atoms with Crippen LogP contribution in [0.4, 0.5) is 4.79 Å². The van der Waals surface area contributed by atoms with Gasteiger partial charge in [-0.15, -0.1) is 0 Å². The molecule has 8 nitrogen and oxygen atoms in total. The molecule has 0 bridgehead atoms. The predicted octanol–water partition coefficient (Wildman–Crippen LogP) is 1.29. The zero-order valence-electron chi connectivity index (χ0n) is 14.7. The first-order valence-electron chi connectivity index (χ1n) is 8.75. The maximum absolute atomic E-state index is 12.5. The second kappa shape index (κ2) is 8.39. The maximum atomic E-state index is 12.5. The Labute approximate surface area is 161 Å². The highest BCUT2D eigenvalue weighted by Crippen LogP contribution is 2.21. The third-order valence-corrected chi connectivity index (χ3v) is 4.95. The third kappa shape index (κ3) is 4.57. The molecule has 3 rings (SSSR count). The molecule has 1 N–H and O–H groups in total. The van der Waals surface area contributed by atoms with Crippen molar-refractivity contribution in [3.63, 3.8) is 0 Å². The van der Waals surface area contributed by atoms with Gasteiger partial charge in [-0.25, -0.2) is 4.79 Å². The Morgan fingerprint density at radius 3 is 2.37 bits per heavy atom. The number of piperidine rings is 1. The number of carbonyl (C=O) groups is 4. The van der Waals surface area contributed by atoms with Gasteiger partial charge in [-0.2, -0.15) is 0 Å². The first-order chi connectivity index (χ1) is 13.0. The highest BCUT2D eigenvalue weighted by Gasteiger charge is 2.31. The van der Waals surface area contributed by atoms with Crippen molar-refractivity contribution in [2.24, 2.45) is 5.92 Å². The molecule has 2 aliphatic rings. The average molecular weight is 394 g/mol. The summed E-state index contributed by atoms with van der Waals surface area (Å²) in [5.74, 6) is -1.47. The van der Waals surface area contributed by atoms with Gasteiger partial charge < -0.3 is 15.0 Å². The van der Waals surface area contributed by atoms with Crippen molar-refractivity contribution in [3.05, 3.63) is 34.9 Å². The van der Waals surface area contributed by atoms with E-state index >= 15 is 0 Å². The molecule has 144 valence electrons. The van der Waals surface area contributed by atoms with Crippen LogP contribution in [0.15, 0.2) is 24.3 Å². The Morgan fingerprint density at radius 2 is 1.78 bits per heavy atom. The molecule has 27 heavy (non-hydrogen) atoms. The molecule has 1 aromatic rings. The fourth-order valence-corrected chi connectivity index (χ4v) is 3.26. The summed E-state index contributed by atoms with van der Waals surface area (Å²) in [7, 11) is 0. The molecule has 2 aliphatic heterocycles. The number of rotatable bonds is 4. The quantitative estimate of drug-likeness (QED) is 0.777. The van der Waals surface area contributed by atoms with E-state index in [-0.39, 0.29) is 18.4 Å². The van der Waals surface area contributed by atoms with E-state index in [0.717, 1.165) is 4.90 Å². The Kier molecular flexibility index (Phi) is 5.95. The largest absolute Gasteiger partial charge is 0.455 e. The molecular formula is C18H20ClN3O5. The van der Waals surface area contributed by atoms with E-state index < -0.39 is 24.5 Å². The summed E-state index contributed by atoms with van der Waals surface area (Å²) >= 11 is 5.83. The SMILES string of the molecule is O=C(OCC(=O)N1CCNC1=O)C1CCN(C(=O)c2ccc(Cl)cc2)CC1. The van der Waals surface area contributed by atoms with Gasteiger partial charge >= 0.3 is 12.0 Å². The minimum atomic E-state index is -0.534. The summed E-state index contributed by atoms with van der Waals surface area (Å²) in [4.78, 5) is 50.6. The standard InChI is InChI=1S/C18H20ClN3O5/c19-14-3-1-12(2-4-14)16(24)21-8-5-13(6-9-21)17(25)27-11-15(23)22-10-7-20-18(22)26/h1-4,13H,5-11H2,(H,20,26). The van der Waals surface area contributed by atoms with Gasteiger partial charge in [-0.05, 0) is 37.1 Å². The summed E-state index contributed by atoms with van der Waals surface area (Å²) in [6, 6.07) is 6.20. The molecule has 4 amide bonds. The molecule has 2 saturated heterocycles. The molecule has 2 heterocycles. The lowest BCUT2D eigenvalue weighted by molar-refractivity contribution is -0.155. The first kappa shape index (κ1) is 19.2. The molecule has 0 unspecified atom stereocenters. The number of benzene rings is 1. The van der Waals surface area contributed by atoms with Crippen LogP contribution in [0, 0.1) is 5.92 Å². The molecule has 2 fully saturated rings. The van der Waals surface area contributed by atoms with Gasteiger partial charge in [0, 0.05) is 36.8 Å². The molecular weight excluding hydrogens is 374 g/mol. The van der Waals surface area contributed by atoms with Crippen molar-refractivity contribution >= 4 is 35.4 Å². The van der Waals surface area contributed by atoms with Crippen LogP contribution in [0.5, 0.6) is 0 Å². The zero-order valence-corrected chi connectivity index (χ0v) is 15.4. The van der Waals surface area contributed by atoms with Crippen LogP contribution in [-0.4, -0.2) is 66.4 Å². The summed E-state index contributed by atoms with van der Waals surface area (Å²) in [6.07, 6.45) is 0.938. The number of ether oxygens (including phenoxy) is 1. The number of nitrogens with zero attached hydrogens (tertiary/aromatic N) is 2. The van der Waals surface area contributed by atoms with Crippen LogP contribution in [0.25, 0.3) is 0 Å². The summed E-state index contributed by atoms with van der Waals surface area (Å²) < 4.78 is 5.07. The number of nitrogens with one attached hydrogen (secondary N) is 1. The number of imide groups is 1. The van der Waals surface area contributed by atoms with Crippen LogP contribution >= 0.6 is 11.6 Å². The number of likely N-dealkylation sites (tertiary alicyclic amines) is 1. The molecule has 0 radical (unpaired) electrons. The Balaban J connectivity index is 1.45. The lowest BCUT2D eigenvalue weighted by atomic mass is 9.96. The lowest BCUT2D eigenvalue weighted by Crippen LogP contribution is -2.41. The third-order valence-electron chi connectivity index (χ3n) is 4.70. The predicted molar refractivity (Wildman–Crippen MR) is 96.2 cm³/mol. The van der Waals surface area contributed by atoms with E-state index in [0.29, 0.717) is 43.1 Å². The smallest absolute Gasteiger partial charge is 0.324 e. The van der Waals surface area contributed by atoms with Gasteiger partial charge in [-0.1, -0.05) is 11.6 Å². The highest BCUT2D eigenvalue weighted by atomic mass is 35.5. The number of hydrogen-bond donors (Lipinski definition) is 1.